The molecule has 0 aliphatic rings. The predicted molar refractivity (Wildman–Crippen MR) is 87.5 cm³/mol. The molecule has 22 heavy (non-hydrogen) atoms. The van der Waals surface area contributed by atoms with E-state index in [1.165, 1.54) is 0 Å². The van der Waals surface area contributed by atoms with Gasteiger partial charge in [0, 0.05) is 12.6 Å². The van der Waals surface area contributed by atoms with Crippen LogP contribution in [-0.4, -0.2) is 26.8 Å². The highest BCUT2D eigenvalue weighted by Gasteiger charge is 2.21. The van der Waals surface area contributed by atoms with Gasteiger partial charge in [0.25, 0.3) is 5.91 Å². The average molecular weight is 293 g/mol. The zero-order valence-corrected chi connectivity index (χ0v) is 12.8. The van der Waals surface area contributed by atoms with E-state index in [0.717, 1.165) is 16.6 Å². The average Bonchev–Trinajstić information content (AvgIpc) is 3.01. The summed E-state index contributed by atoms with van der Waals surface area (Å²) in [4.78, 5) is 22.2. The smallest absolute Gasteiger partial charge is 0.256 e. The van der Waals surface area contributed by atoms with Crippen LogP contribution in [-0.2, 0) is 6.54 Å². The molecule has 0 unspecified atom stereocenters. The number of aromatic nitrogens is 2. The molecule has 0 aliphatic heterocycles. The van der Waals surface area contributed by atoms with Gasteiger partial charge in [-0.1, -0.05) is 36.4 Å². The maximum Gasteiger partial charge on any atom is 0.256 e. The molecule has 1 N–H and O–H groups in total. The molecule has 0 spiro atoms. The number of rotatable bonds is 4. The van der Waals surface area contributed by atoms with Crippen LogP contribution in [0.25, 0.3) is 11.0 Å². The van der Waals surface area contributed by atoms with Crippen molar-refractivity contribution < 1.29 is 4.79 Å². The lowest BCUT2D eigenvalue weighted by atomic mass is 10.1. The normalized spacial score (nSPS) is 11.0. The second-order valence-electron chi connectivity index (χ2n) is 5.62. The number of fused-ring (bicyclic) bond motifs is 1. The van der Waals surface area contributed by atoms with Crippen LogP contribution in [0, 0.1) is 0 Å². The van der Waals surface area contributed by atoms with Crippen molar-refractivity contribution in [3.05, 3.63) is 66.0 Å². The Morgan fingerprint density at radius 2 is 1.91 bits per heavy atom. The van der Waals surface area contributed by atoms with Gasteiger partial charge in [-0.2, -0.15) is 0 Å². The summed E-state index contributed by atoms with van der Waals surface area (Å²) in [6, 6.07) is 15.8. The fourth-order valence-electron chi connectivity index (χ4n) is 2.56. The van der Waals surface area contributed by atoms with Gasteiger partial charge in [0.05, 0.1) is 17.4 Å². The number of imidazole rings is 1. The first kappa shape index (κ1) is 14.3. The maximum atomic E-state index is 13.0. The van der Waals surface area contributed by atoms with Crippen LogP contribution in [0.15, 0.2) is 54.9 Å². The summed E-state index contributed by atoms with van der Waals surface area (Å²) in [5.74, 6) is 0.0107. The van der Waals surface area contributed by atoms with E-state index in [2.05, 4.69) is 9.97 Å². The molecule has 0 saturated heterocycles. The van der Waals surface area contributed by atoms with Crippen molar-refractivity contribution in [3.8, 4) is 0 Å². The first-order valence-corrected chi connectivity index (χ1v) is 7.44. The molecule has 0 atom stereocenters. The van der Waals surface area contributed by atoms with Gasteiger partial charge in [0.15, 0.2) is 0 Å². The first-order chi connectivity index (χ1) is 10.7. The van der Waals surface area contributed by atoms with Crippen molar-refractivity contribution in [1.29, 1.82) is 0 Å². The van der Waals surface area contributed by atoms with Crippen molar-refractivity contribution in [2.45, 2.75) is 26.4 Å². The molecule has 3 rings (SSSR count). The van der Waals surface area contributed by atoms with E-state index in [1.807, 2.05) is 67.3 Å². The minimum Gasteiger partial charge on any atom is -0.345 e. The van der Waals surface area contributed by atoms with Gasteiger partial charge in [-0.15, -0.1) is 0 Å². The number of carbonyl (C=O) groups is 1. The van der Waals surface area contributed by atoms with E-state index in [1.54, 1.807) is 6.33 Å². The van der Waals surface area contributed by atoms with Gasteiger partial charge in [0.2, 0.25) is 0 Å². The number of H-pyrrole nitrogens is 1. The fourth-order valence-corrected chi connectivity index (χ4v) is 2.56. The zero-order chi connectivity index (χ0) is 15.5. The summed E-state index contributed by atoms with van der Waals surface area (Å²) >= 11 is 0. The molecule has 3 aromatic rings. The molecule has 1 aromatic heterocycles. The summed E-state index contributed by atoms with van der Waals surface area (Å²) in [6.07, 6.45) is 1.62. The van der Waals surface area contributed by atoms with Crippen molar-refractivity contribution in [2.24, 2.45) is 0 Å². The van der Waals surface area contributed by atoms with Crippen molar-refractivity contribution in [3.63, 3.8) is 0 Å². The standard InChI is InChI=1S/C18H19N3O/c1-13(2)21(11-14-7-4-3-5-8-14)18(22)15-9-6-10-16-17(15)20-12-19-16/h3-10,12-13H,11H2,1-2H3,(H,19,20). The molecule has 0 aliphatic carbocycles. The molecular formula is C18H19N3O. The molecule has 112 valence electrons. The third kappa shape index (κ3) is 2.72. The lowest BCUT2D eigenvalue weighted by molar-refractivity contribution is 0.0692. The summed E-state index contributed by atoms with van der Waals surface area (Å²) in [6.45, 7) is 4.66. The Kier molecular flexibility index (Phi) is 3.92. The number of carbonyl (C=O) groups excluding carboxylic acids is 1. The second-order valence-corrected chi connectivity index (χ2v) is 5.62. The number of hydrogen-bond acceptors (Lipinski definition) is 2. The van der Waals surface area contributed by atoms with Crippen LogP contribution >= 0.6 is 0 Å². The van der Waals surface area contributed by atoms with Gasteiger partial charge in [-0.25, -0.2) is 4.98 Å². The largest absolute Gasteiger partial charge is 0.345 e. The topological polar surface area (TPSA) is 49.0 Å². The van der Waals surface area contributed by atoms with Gasteiger partial charge in [-0.3, -0.25) is 4.79 Å². The highest BCUT2D eigenvalue weighted by Crippen LogP contribution is 2.19. The van der Waals surface area contributed by atoms with Crippen LogP contribution in [0.3, 0.4) is 0 Å². The number of nitrogens with one attached hydrogen (secondary N) is 1. The fraction of sp³-hybridized carbons (Fsp3) is 0.222. The minimum atomic E-state index is 0.0107. The molecule has 4 nitrogen and oxygen atoms in total. The molecule has 1 amide bonds. The van der Waals surface area contributed by atoms with Crippen LogP contribution < -0.4 is 0 Å². The number of benzene rings is 2. The summed E-state index contributed by atoms with van der Waals surface area (Å²) < 4.78 is 0. The molecule has 0 bridgehead atoms. The lowest BCUT2D eigenvalue weighted by Crippen LogP contribution is -2.36. The third-order valence-corrected chi connectivity index (χ3v) is 3.76. The minimum absolute atomic E-state index is 0.0107. The first-order valence-electron chi connectivity index (χ1n) is 7.44. The van der Waals surface area contributed by atoms with E-state index in [4.69, 9.17) is 0 Å². The Labute approximate surface area is 129 Å². The van der Waals surface area contributed by atoms with Gasteiger partial charge in [0.1, 0.15) is 5.52 Å². The number of hydrogen-bond donors (Lipinski definition) is 1. The highest BCUT2D eigenvalue weighted by atomic mass is 16.2. The van der Waals surface area contributed by atoms with Crippen LogP contribution in [0.4, 0.5) is 0 Å². The maximum absolute atomic E-state index is 13.0. The third-order valence-electron chi connectivity index (χ3n) is 3.76. The van der Waals surface area contributed by atoms with Crippen molar-refractivity contribution in [1.82, 2.24) is 14.9 Å². The van der Waals surface area contributed by atoms with Gasteiger partial charge in [-0.05, 0) is 31.5 Å². The van der Waals surface area contributed by atoms with E-state index in [9.17, 15) is 4.79 Å². The van der Waals surface area contributed by atoms with E-state index < -0.39 is 0 Å². The Balaban J connectivity index is 1.95. The van der Waals surface area contributed by atoms with Gasteiger partial charge < -0.3 is 9.88 Å². The summed E-state index contributed by atoms with van der Waals surface area (Å²) in [5.41, 5.74) is 3.38. The monoisotopic (exact) mass is 293 g/mol. The Bertz CT molecular complexity index is 777. The lowest BCUT2D eigenvalue weighted by Gasteiger charge is -2.27. The van der Waals surface area contributed by atoms with E-state index in [-0.39, 0.29) is 11.9 Å². The van der Waals surface area contributed by atoms with E-state index >= 15 is 0 Å². The number of aromatic amines is 1. The summed E-state index contributed by atoms with van der Waals surface area (Å²) in [7, 11) is 0. The predicted octanol–water partition coefficient (Wildman–Crippen LogP) is 3.61. The second kappa shape index (κ2) is 6.02. The van der Waals surface area contributed by atoms with Crippen molar-refractivity contribution in [2.75, 3.05) is 0 Å². The molecule has 0 saturated carbocycles. The van der Waals surface area contributed by atoms with Crippen molar-refractivity contribution >= 4 is 16.9 Å². The van der Waals surface area contributed by atoms with Crippen LogP contribution in [0.1, 0.15) is 29.8 Å². The number of amides is 1. The Hall–Kier alpha value is -2.62. The SMILES string of the molecule is CC(C)N(Cc1ccccc1)C(=O)c1cccc2[nH]cnc12. The highest BCUT2D eigenvalue weighted by molar-refractivity contribution is 6.04. The molecular weight excluding hydrogens is 274 g/mol. The Morgan fingerprint density at radius 3 is 2.64 bits per heavy atom. The molecule has 1 heterocycles. The Morgan fingerprint density at radius 1 is 1.14 bits per heavy atom. The van der Waals surface area contributed by atoms with Gasteiger partial charge >= 0.3 is 0 Å². The summed E-state index contributed by atoms with van der Waals surface area (Å²) in [5, 5.41) is 0. The molecule has 0 fully saturated rings. The molecule has 2 aromatic carbocycles. The molecule has 4 heteroatoms. The quantitative estimate of drug-likeness (QED) is 0.798. The number of nitrogens with zero attached hydrogens (tertiary/aromatic N) is 2. The van der Waals surface area contributed by atoms with E-state index in [0.29, 0.717) is 12.1 Å². The number of para-hydroxylation sites is 1. The van der Waals surface area contributed by atoms with Crippen LogP contribution in [0.2, 0.25) is 0 Å². The van der Waals surface area contributed by atoms with Crippen LogP contribution in [0.5, 0.6) is 0 Å². The molecule has 0 radical (unpaired) electrons. The zero-order valence-electron chi connectivity index (χ0n) is 12.8.